The van der Waals surface area contributed by atoms with Gasteiger partial charge in [-0.1, -0.05) is 25.1 Å². The smallest absolute Gasteiger partial charge is 0.144 e. The molecule has 1 heterocycles. The van der Waals surface area contributed by atoms with Crippen molar-refractivity contribution in [3.8, 4) is 0 Å². The van der Waals surface area contributed by atoms with Gasteiger partial charge in [0.1, 0.15) is 16.5 Å². The first-order chi connectivity index (χ1) is 8.65. The Labute approximate surface area is 117 Å². The zero-order valence-electron chi connectivity index (χ0n) is 10.5. The van der Waals surface area contributed by atoms with Gasteiger partial charge in [-0.2, -0.15) is 11.8 Å². The van der Waals surface area contributed by atoms with Crippen molar-refractivity contribution in [2.45, 2.75) is 30.4 Å². The zero-order valence-corrected chi connectivity index (χ0v) is 12.1. The van der Waals surface area contributed by atoms with E-state index in [0.29, 0.717) is 10.4 Å². The van der Waals surface area contributed by atoms with Crippen molar-refractivity contribution in [2.75, 3.05) is 18.1 Å². The molecule has 1 aliphatic rings. The van der Waals surface area contributed by atoms with E-state index in [4.69, 9.17) is 18.0 Å². The number of thioether (sulfide) groups is 1. The summed E-state index contributed by atoms with van der Waals surface area (Å²) in [5.74, 6) is 0.787. The van der Waals surface area contributed by atoms with Crippen molar-refractivity contribution in [2.24, 2.45) is 5.73 Å². The van der Waals surface area contributed by atoms with Crippen LogP contribution in [0.25, 0.3) is 0 Å². The molecule has 2 rings (SSSR count). The molecule has 1 aromatic rings. The Hall–Kier alpha value is -0.880. The van der Waals surface area contributed by atoms with Gasteiger partial charge in [-0.05, 0) is 19.1 Å². The minimum Gasteiger partial charge on any atom is -0.388 e. The van der Waals surface area contributed by atoms with Crippen LogP contribution in [0.1, 0.15) is 31.4 Å². The molecule has 1 aromatic heterocycles. The maximum Gasteiger partial charge on any atom is 0.144 e. The van der Waals surface area contributed by atoms with Gasteiger partial charge >= 0.3 is 0 Å². The minimum atomic E-state index is 0.283. The second-order valence-electron chi connectivity index (χ2n) is 4.60. The molecule has 1 aliphatic carbocycles. The summed E-state index contributed by atoms with van der Waals surface area (Å²) in [5.41, 5.74) is 6.05. The van der Waals surface area contributed by atoms with E-state index in [1.54, 1.807) is 12.4 Å². The molecule has 1 fully saturated rings. The van der Waals surface area contributed by atoms with Crippen molar-refractivity contribution < 1.29 is 0 Å². The molecule has 0 amide bonds. The van der Waals surface area contributed by atoms with E-state index < -0.39 is 0 Å². The van der Waals surface area contributed by atoms with Crippen molar-refractivity contribution in [3.05, 3.63) is 18.1 Å². The third-order valence-corrected chi connectivity index (χ3v) is 5.07. The highest BCUT2D eigenvalue weighted by atomic mass is 32.2. The number of nitrogens with two attached hydrogens (primary N) is 1. The molecule has 18 heavy (non-hydrogen) atoms. The number of anilines is 1. The van der Waals surface area contributed by atoms with Gasteiger partial charge in [0, 0.05) is 11.3 Å². The third-order valence-electron chi connectivity index (χ3n) is 3.44. The molecule has 98 valence electrons. The van der Waals surface area contributed by atoms with E-state index in [2.05, 4.69) is 21.5 Å². The number of nitrogens with one attached hydrogen (secondary N) is 1. The molecule has 6 heteroatoms. The van der Waals surface area contributed by atoms with Crippen LogP contribution in [0.5, 0.6) is 0 Å². The number of rotatable bonds is 5. The van der Waals surface area contributed by atoms with Gasteiger partial charge in [-0.3, -0.25) is 0 Å². The number of thiocarbonyl (C=S) groups is 1. The van der Waals surface area contributed by atoms with Crippen LogP contribution in [0.3, 0.4) is 0 Å². The van der Waals surface area contributed by atoms with Gasteiger partial charge in [0.2, 0.25) is 0 Å². The lowest BCUT2D eigenvalue weighted by atomic mass is 10.1. The monoisotopic (exact) mass is 282 g/mol. The Morgan fingerprint density at radius 2 is 2.17 bits per heavy atom. The molecule has 0 aliphatic heterocycles. The first kappa shape index (κ1) is 13.5. The van der Waals surface area contributed by atoms with Crippen LogP contribution in [0.2, 0.25) is 0 Å². The molecular weight excluding hydrogens is 264 g/mol. The van der Waals surface area contributed by atoms with E-state index in [-0.39, 0.29) is 4.99 Å². The molecule has 0 saturated heterocycles. The van der Waals surface area contributed by atoms with Crippen molar-refractivity contribution in [3.63, 3.8) is 0 Å². The predicted molar refractivity (Wildman–Crippen MR) is 81.1 cm³/mol. The quantitative estimate of drug-likeness (QED) is 0.807. The van der Waals surface area contributed by atoms with E-state index in [9.17, 15) is 0 Å². The Morgan fingerprint density at radius 3 is 2.67 bits per heavy atom. The van der Waals surface area contributed by atoms with Crippen molar-refractivity contribution in [1.82, 2.24) is 9.97 Å². The summed E-state index contributed by atoms with van der Waals surface area (Å²) < 4.78 is 0.365. The molecule has 4 nitrogen and oxygen atoms in total. The fraction of sp³-hybridized carbons (Fsp3) is 0.583. The third kappa shape index (κ3) is 3.11. The summed E-state index contributed by atoms with van der Waals surface area (Å²) in [6.45, 7) is 0.940. The zero-order chi connectivity index (χ0) is 13.0. The second kappa shape index (κ2) is 5.84. The minimum absolute atomic E-state index is 0.283. The SMILES string of the molecule is CSC1(CNc2cnc(C(N)=S)cn2)CCCC1. The highest BCUT2D eigenvalue weighted by molar-refractivity contribution is 8.00. The van der Waals surface area contributed by atoms with Gasteiger partial charge in [0.15, 0.2) is 0 Å². The second-order valence-corrected chi connectivity index (χ2v) is 6.31. The summed E-state index contributed by atoms with van der Waals surface area (Å²) >= 11 is 6.80. The first-order valence-electron chi connectivity index (χ1n) is 6.06. The van der Waals surface area contributed by atoms with Gasteiger partial charge in [0.05, 0.1) is 12.4 Å². The summed E-state index contributed by atoms with van der Waals surface area (Å²) in [6, 6.07) is 0. The molecule has 0 aromatic carbocycles. The Balaban J connectivity index is 1.95. The van der Waals surface area contributed by atoms with E-state index in [0.717, 1.165) is 12.4 Å². The van der Waals surface area contributed by atoms with E-state index >= 15 is 0 Å². The molecule has 0 bridgehead atoms. The lowest BCUT2D eigenvalue weighted by Crippen LogP contribution is -2.30. The normalized spacial score (nSPS) is 17.6. The Bertz CT molecular complexity index is 413. The molecule has 0 atom stereocenters. The fourth-order valence-corrected chi connectivity index (χ4v) is 3.29. The van der Waals surface area contributed by atoms with Crippen molar-refractivity contribution >= 4 is 34.8 Å². The predicted octanol–water partition coefficient (Wildman–Crippen LogP) is 2.20. The number of nitrogens with zero attached hydrogens (tertiary/aromatic N) is 2. The van der Waals surface area contributed by atoms with Crippen LogP contribution < -0.4 is 11.1 Å². The van der Waals surface area contributed by atoms with Crippen molar-refractivity contribution in [1.29, 1.82) is 0 Å². The number of hydrogen-bond acceptors (Lipinski definition) is 5. The topological polar surface area (TPSA) is 63.8 Å². The Kier molecular flexibility index (Phi) is 4.40. The van der Waals surface area contributed by atoms with Crippen LogP contribution in [0.15, 0.2) is 12.4 Å². The van der Waals surface area contributed by atoms with Crippen LogP contribution in [0, 0.1) is 0 Å². The lowest BCUT2D eigenvalue weighted by Gasteiger charge is -2.27. The highest BCUT2D eigenvalue weighted by Gasteiger charge is 2.32. The first-order valence-corrected chi connectivity index (χ1v) is 7.69. The molecule has 1 saturated carbocycles. The lowest BCUT2D eigenvalue weighted by molar-refractivity contribution is 0.638. The van der Waals surface area contributed by atoms with E-state index in [1.807, 2.05) is 11.8 Å². The van der Waals surface area contributed by atoms with Crippen LogP contribution in [-0.4, -0.2) is 32.5 Å². The number of aromatic nitrogens is 2. The summed E-state index contributed by atoms with van der Waals surface area (Å²) in [4.78, 5) is 8.73. The van der Waals surface area contributed by atoms with E-state index in [1.165, 1.54) is 25.7 Å². The number of hydrogen-bond donors (Lipinski definition) is 2. The average Bonchev–Trinajstić information content (AvgIpc) is 2.86. The molecule has 0 radical (unpaired) electrons. The average molecular weight is 282 g/mol. The fourth-order valence-electron chi connectivity index (χ4n) is 2.27. The summed E-state index contributed by atoms with van der Waals surface area (Å²) in [6.07, 6.45) is 10.7. The van der Waals surface area contributed by atoms with Gasteiger partial charge in [0.25, 0.3) is 0 Å². The van der Waals surface area contributed by atoms with Crippen LogP contribution >= 0.6 is 24.0 Å². The maximum atomic E-state index is 5.49. The van der Waals surface area contributed by atoms with Crippen LogP contribution in [0.4, 0.5) is 5.82 Å². The molecule has 3 N–H and O–H groups in total. The Morgan fingerprint density at radius 1 is 1.44 bits per heavy atom. The van der Waals surface area contributed by atoms with Crippen LogP contribution in [-0.2, 0) is 0 Å². The standard InChI is InChI=1S/C12H18N4S2/c1-18-12(4-2-3-5-12)8-16-10-7-14-9(6-15-10)11(13)17/h6-7H,2-5,8H2,1H3,(H2,13,17)(H,15,16). The molecule has 0 spiro atoms. The highest BCUT2D eigenvalue weighted by Crippen LogP contribution is 2.40. The molecular formula is C12H18N4S2. The van der Waals surface area contributed by atoms with Gasteiger partial charge < -0.3 is 11.1 Å². The maximum absolute atomic E-state index is 5.49. The largest absolute Gasteiger partial charge is 0.388 e. The summed E-state index contributed by atoms with van der Waals surface area (Å²) in [5, 5.41) is 3.37. The van der Waals surface area contributed by atoms with Gasteiger partial charge in [-0.25, -0.2) is 9.97 Å². The summed E-state index contributed by atoms with van der Waals surface area (Å²) in [7, 11) is 0. The molecule has 0 unspecified atom stereocenters. The van der Waals surface area contributed by atoms with Gasteiger partial charge in [-0.15, -0.1) is 0 Å².